The first-order valence-electron chi connectivity index (χ1n) is 7.05. The van der Waals surface area contributed by atoms with Crippen LogP contribution in [0.3, 0.4) is 0 Å². The van der Waals surface area contributed by atoms with Crippen LogP contribution in [0.15, 0.2) is 23.6 Å². The van der Waals surface area contributed by atoms with Crippen molar-refractivity contribution in [3.05, 3.63) is 50.7 Å². The van der Waals surface area contributed by atoms with E-state index in [0.29, 0.717) is 16.9 Å². The summed E-state index contributed by atoms with van der Waals surface area (Å²) in [7, 11) is 2.55. The van der Waals surface area contributed by atoms with Crippen LogP contribution in [0.1, 0.15) is 22.8 Å². The van der Waals surface area contributed by atoms with Gasteiger partial charge < -0.3 is 0 Å². The molecule has 0 saturated heterocycles. The number of aryl methyl sites for hydroxylation is 1. The molecule has 2 rings (SSSR count). The average molecular weight is 373 g/mol. The molecule has 0 fully saturated rings. The monoisotopic (exact) mass is 372 g/mol. The third-order valence-corrected chi connectivity index (χ3v) is 4.68. The highest BCUT2D eigenvalue weighted by atomic mass is 35.5. The number of carbonyl (C=O) groups excluding carboxylic acids is 2. The molecule has 0 radical (unpaired) electrons. The van der Waals surface area contributed by atoms with Crippen molar-refractivity contribution >= 4 is 40.6 Å². The van der Waals surface area contributed by atoms with E-state index in [-0.39, 0.29) is 10.7 Å². The van der Waals surface area contributed by atoms with Crippen LogP contribution in [0.2, 0.25) is 5.02 Å². The zero-order valence-corrected chi connectivity index (χ0v) is 14.8. The molecule has 4 nitrogen and oxygen atoms in total. The molecule has 0 aliphatic rings. The summed E-state index contributed by atoms with van der Waals surface area (Å²) in [6.45, 7) is 1.83. The number of hydrogen-bond donors (Lipinski definition) is 0. The number of nitrogens with zero attached hydrogens (tertiary/aromatic N) is 2. The summed E-state index contributed by atoms with van der Waals surface area (Å²) in [5.74, 6) is -1.73. The number of carbonyl (C=O) groups is 2. The first-order chi connectivity index (χ1) is 11.3. The van der Waals surface area contributed by atoms with Gasteiger partial charge in [0.05, 0.1) is 16.3 Å². The van der Waals surface area contributed by atoms with Crippen LogP contribution >= 0.6 is 22.9 Å². The SMILES string of the molecule is CCc1csc(F)c1N(C)C(=O)N(C)C(=O)c1c(F)cccc1Cl. The van der Waals surface area contributed by atoms with Crippen molar-refractivity contribution < 1.29 is 18.4 Å². The fourth-order valence-electron chi connectivity index (χ4n) is 2.24. The Kier molecular flexibility index (Phi) is 5.56. The third-order valence-electron chi connectivity index (χ3n) is 3.57. The maximum absolute atomic E-state index is 14.0. The van der Waals surface area contributed by atoms with Crippen LogP contribution < -0.4 is 4.90 Å². The Morgan fingerprint density at radius 3 is 2.50 bits per heavy atom. The predicted molar refractivity (Wildman–Crippen MR) is 91.0 cm³/mol. The van der Waals surface area contributed by atoms with Crippen LogP contribution in [0.4, 0.5) is 19.3 Å². The van der Waals surface area contributed by atoms with Crippen molar-refractivity contribution in [2.24, 2.45) is 0 Å². The van der Waals surface area contributed by atoms with Gasteiger partial charge in [-0.1, -0.05) is 24.6 Å². The fraction of sp³-hybridized carbons (Fsp3) is 0.250. The van der Waals surface area contributed by atoms with Crippen LogP contribution in [0.25, 0.3) is 0 Å². The Bertz CT molecular complexity index is 774. The zero-order valence-electron chi connectivity index (χ0n) is 13.3. The number of thiophene rings is 1. The number of rotatable bonds is 3. The van der Waals surface area contributed by atoms with Crippen molar-refractivity contribution in [3.63, 3.8) is 0 Å². The second kappa shape index (κ2) is 7.27. The first kappa shape index (κ1) is 18.4. The topological polar surface area (TPSA) is 40.6 Å². The maximum Gasteiger partial charge on any atom is 0.331 e. The highest BCUT2D eigenvalue weighted by Gasteiger charge is 2.29. The van der Waals surface area contributed by atoms with E-state index in [1.807, 2.05) is 6.92 Å². The van der Waals surface area contributed by atoms with E-state index in [9.17, 15) is 18.4 Å². The molecule has 24 heavy (non-hydrogen) atoms. The Morgan fingerprint density at radius 1 is 1.25 bits per heavy atom. The Hall–Kier alpha value is -1.99. The summed E-state index contributed by atoms with van der Waals surface area (Å²) in [6.07, 6.45) is 0.532. The lowest BCUT2D eigenvalue weighted by Gasteiger charge is -2.24. The third kappa shape index (κ3) is 3.27. The molecule has 128 valence electrons. The molecule has 1 aromatic heterocycles. The molecule has 0 aliphatic carbocycles. The number of amides is 3. The van der Waals surface area contributed by atoms with Gasteiger partial charge in [0.15, 0.2) is 0 Å². The molecule has 0 saturated carbocycles. The van der Waals surface area contributed by atoms with Crippen LogP contribution in [-0.4, -0.2) is 30.9 Å². The van der Waals surface area contributed by atoms with Gasteiger partial charge in [-0.3, -0.25) is 14.6 Å². The summed E-state index contributed by atoms with van der Waals surface area (Å²) < 4.78 is 27.8. The van der Waals surface area contributed by atoms with Gasteiger partial charge >= 0.3 is 6.03 Å². The van der Waals surface area contributed by atoms with E-state index >= 15 is 0 Å². The van der Waals surface area contributed by atoms with E-state index in [2.05, 4.69) is 0 Å². The highest BCUT2D eigenvalue weighted by Crippen LogP contribution is 2.30. The lowest BCUT2D eigenvalue weighted by Crippen LogP contribution is -2.43. The van der Waals surface area contributed by atoms with Gasteiger partial charge in [0, 0.05) is 14.1 Å². The molecule has 2 aromatic rings. The van der Waals surface area contributed by atoms with Gasteiger partial charge in [-0.15, -0.1) is 11.3 Å². The fourth-order valence-corrected chi connectivity index (χ4v) is 3.38. The van der Waals surface area contributed by atoms with E-state index in [0.717, 1.165) is 22.3 Å². The molecule has 1 heterocycles. The minimum Gasteiger partial charge on any atom is -0.293 e. The summed E-state index contributed by atoms with van der Waals surface area (Å²) in [5, 5.41) is 0.995. The largest absolute Gasteiger partial charge is 0.331 e. The van der Waals surface area contributed by atoms with E-state index in [1.54, 1.807) is 5.38 Å². The normalized spacial score (nSPS) is 10.6. The molecular weight excluding hydrogens is 358 g/mol. The van der Waals surface area contributed by atoms with E-state index < -0.39 is 28.4 Å². The van der Waals surface area contributed by atoms with Crippen molar-refractivity contribution in [2.75, 3.05) is 19.0 Å². The molecule has 0 bridgehead atoms. The minimum atomic E-state index is -0.899. The minimum absolute atomic E-state index is 0.0988. The first-order valence-corrected chi connectivity index (χ1v) is 8.30. The molecule has 0 N–H and O–H groups in total. The number of urea groups is 1. The number of imide groups is 1. The molecule has 0 aliphatic heterocycles. The van der Waals surface area contributed by atoms with Crippen molar-refractivity contribution in [1.29, 1.82) is 0 Å². The number of benzene rings is 1. The second-order valence-electron chi connectivity index (χ2n) is 5.04. The molecular formula is C16H15ClF2N2O2S. The van der Waals surface area contributed by atoms with Gasteiger partial charge in [0.2, 0.25) is 5.13 Å². The quantitative estimate of drug-likeness (QED) is 0.791. The predicted octanol–water partition coefficient (Wildman–Crippen LogP) is 4.57. The van der Waals surface area contributed by atoms with Gasteiger partial charge in [0.1, 0.15) is 5.82 Å². The zero-order chi connectivity index (χ0) is 18.0. The second-order valence-corrected chi connectivity index (χ2v) is 6.28. The Balaban J connectivity index is 2.32. The number of anilines is 1. The Labute approximate surface area is 147 Å². The molecule has 0 spiro atoms. The lowest BCUT2D eigenvalue weighted by atomic mass is 10.2. The highest BCUT2D eigenvalue weighted by molar-refractivity contribution is 7.08. The maximum atomic E-state index is 14.0. The standard InChI is InChI=1S/C16H15ClF2N2O2S/c1-4-9-8-24-14(19)13(9)20(2)16(23)21(3)15(22)12-10(17)6-5-7-11(12)18/h5-8H,4H2,1-3H3. The Morgan fingerprint density at radius 2 is 1.92 bits per heavy atom. The van der Waals surface area contributed by atoms with Crippen LogP contribution in [0, 0.1) is 10.9 Å². The lowest BCUT2D eigenvalue weighted by molar-refractivity contribution is 0.0832. The van der Waals surface area contributed by atoms with E-state index in [1.165, 1.54) is 26.2 Å². The molecule has 0 atom stereocenters. The van der Waals surface area contributed by atoms with Crippen LogP contribution in [0.5, 0.6) is 0 Å². The van der Waals surface area contributed by atoms with Gasteiger partial charge in [-0.05, 0) is 29.5 Å². The average Bonchev–Trinajstić information content (AvgIpc) is 2.93. The summed E-state index contributed by atoms with van der Waals surface area (Å²) >= 11 is 6.73. The van der Waals surface area contributed by atoms with Crippen molar-refractivity contribution in [3.8, 4) is 0 Å². The number of halogens is 3. The summed E-state index contributed by atoms with van der Waals surface area (Å²) in [6, 6.07) is 3.01. The molecule has 8 heteroatoms. The summed E-state index contributed by atoms with van der Waals surface area (Å²) in [4.78, 5) is 26.7. The molecule has 1 aromatic carbocycles. The van der Waals surface area contributed by atoms with Crippen molar-refractivity contribution in [1.82, 2.24) is 4.90 Å². The van der Waals surface area contributed by atoms with Gasteiger partial charge in [-0.2, -0.15) is 4.39 Å². The number of hydrogen-bond acceptors (Lipinski definition) is 3. The van der Waals surface area contributed by atoms with Crippen molar-refractivity contribution in [2.45, 2.75) is 13.3 Å². The summed E-state index contributed by atoms with van der Waals surface area (Å²) in [5.41, 5.74) is 0.370. The van der Waals surface area contributed by atoms with Crippen LogP contribution in [-0.2, 0) is 6.42 Å². The molecule has 0 unspecified atom stereocenters. The van der Waals surface area contributed by atoms with Gasteiger partial charge in [-0.25, -0.2) is 9.18 Å². The smallest absolute Gasteiger partial charge is 0.293 e. The van der Waals surface area contributed by atoms with Gasteiger partial charge in [0.25, 0.3) is 5.91 Å². The molecule has 3 amide bonds. The van der Waals surface area contributed by atoms with E-state index in [4.69, 9.17) is 11.6 Å².